The van der Waals surface area contributed by atoms with Crippen molar-refractivity contribution in [3.63, 3.8) is 0 Å². The monoisotopic (exact) mass is 478 g/mol. The van der Waals surface area contributed by atoms with Crippen LogP contribution in [0.1, 0.15) is 32.6 Å². The summed E-state index contributed by atoms with van der Waals surface area (Å²) in [7, 11) is 0. The summed E-state index contributed by atoms with van der Waals surface area (Å²) >= 11 is 5.40. The Morgan fingerprint density at radius 1 is 1.27 bits per heavy atom. The number of carbonyl (C=O) groups excluding carboxylic acids is 2. The Morgan fingerprint density at radius 3 is 2.67 bits per heavy atom. The molecule has 2 saturated heterocycles. The van der Waals surface area contributed by atoms with E-state index in [1.54, 1.807) is 24.0 Å². The van der Waals surface area contributed by atoms with Gasteiger partial charge in [-0.15, -0.1) is 0 Å². The third-order valence-corrected chi connectivity index (χ3v) is 6.80. The molecule has 2 heterocycles. The minimum atomic E-state index is -0.484. The molecule has 0 aromatic heterocycles. The van der Waals surface area contributed by atoms with Gasteiger partial charge in [-0.05, 0) is 31.0 Å². The number of amides is 2. The maximum atomic E-state index is 14.9. The number of rotatable bonds is 7. The first kappa shape index (κ1) is 23.5. The van der Waals surface area contributed by atoms with Gasteiger partial charge in [0.15, 0.2) is 0 Å². The fraction of sp³-hybridized carbons (Fsp3) is 0.609. The van der Waals surface area contributed by atoms with Crippen molar-refractivity contribution in [3.8, 4) is 0 Å². The summed E-state index contributed by atoms with van der Waals surface area (Å²) in [6.07, 6.45) is 3.47. The molecule has 3 aliphatic rings. The minimum absolute atomic E-state index is 0.331. The highest BCUT2D eigenvalue weighted by Gasteiger charge is 2.33. The standard InChI is InChI=1S/C23H31FN4O4S/c1-2-31-22(29)27-10-8-26(9-11-27)20-7-6-17(13-19(20)24)28-15-18(32-23(28)30)14-25-21(33)12-16-4-3-5-16/h6-7,13,16,18H,2-5,8-12,14-15H2,1H3,(H,25,33). The van der Waals surface area contributed by atoms with Gasteiger partial charge in [-0.25, -0.2) is 14.0 Å². The number of nitrogens with one attached hydrogen (secondary N) is 1. The van der Waals surface area contributed by atoms with Crippen LogP contribution in [-0.4, -0.2) is 74.1 Å². The van der Waals surface area contributed by atoms with Crippen molar-refractivity contribution in [3.05, 3.63) is 24.0 Å². The maximum Gasteiger partial charge on any atom is 0.414 e. The molecule has 2 amide bonds. The van der Waals surface area contributed by atoms with E-state index in [9.17, 15) is 14.0 Å². The summed E-state index contributed by atoms with van der Waals surface area (Å²) < 4.78 is 25.4. The van der Waals surface area contributed by atoms with Crippen LogP contribution in [0, 0.1) is 11.7 Å². The Bertz CT molecular complexity index is 889. The highest BCUT2D eigenvalue weighted by molar-refractivity contribution is 7.80. The summed E-state index contributed by atoms with van der Waals surface area (Å²) in [5.41, 5.74) is 0.917. The summed E-state index contributed by atoms with van der Waals surface area (Å²) in [5.74, 6) is 0.274. The van der Waals surface area contributed by atoms with E-state index in [0.29, 0.717) is 63.2 Å². The molecule has 1 N–H and O–H groups in total. The van der Waals surface area contributed by atoms with Gasteiger partial charge in [0.2, 0.25) is 0 Å². The highest BCUT2D eigenvalue weighted by Crippen LogP contribution is 2.30. The molecule has 1 atom stereocenters. The Labute approximate surface area is 199 Å². The van der Waals surface area contributed by atoms with Gasteiger partial charge in [0.1, 0.15) is 11.9 Å². The van der Waals surface area contributed by atoms with Crippen LogP contribution in [0.25, 0.3) is 0 Å². The van der Waals surface area contributed by atoms with Crippen molar-refractivity contribution < 1.29 is 23.5 Å². The molecule has 180 valence electrons. The molecule has 0 spiro atoms. The molecular formula is C23H31FN4O4S. The number of nitrogens with zero attached hydrogens (tertiary/aromatic N) is 3. The first-order valence-corrected chi connectivity index (χ1v) is 12.1. The van der Waals surface area contributed by atoms with E-state index in [1.165, 1.54) is 30.2 Å². The van der Waals surface area contributed by atoms with Gasteiger partial charge in [-0.2, -0.15) is 0 Å². The normalized spacial score (nSPS) is 21.0. The average Bonchev–Trinajstić information content (AvgIpc) is 3.15. The molecule has 10 heteroatoms. The second kappa shape index (κ2) is 10.5. The molecule has 8 nitrogen and oxygen atoms in total. The third-order valence-electron chi connectivity index (χ3n) is 6.49. The van der Waals surface area contributed by atoms with Crippen LogP contribution in [0.3, 0.4) is 0 Å². The zero-order valence-corrected chi connectivity index (χ0v) is 19.7. The molecule has 0 radical (unpaired) electrons. The fourth-order valence-electron chi connectivity index (χ4n) is 4.36. The Morgan fingerprint density at radius 2 is 2.03 bits per heavy atom. The van der Waals surface area contributed by atoms with Gasteiger partial charge >= 0.3 is 12.2 Å². The predicted molar refractivity (Wildman–Crippen MR) is 127 cm³/mol. The van der Waals surface area contributed by atoms with Crippen molar-refractivity contribution >= 4 is 40.8 Å². The number of ether oxygens (including phenoxy) is 2. The Kier molecular flexibility index (Phi) is 7.52. The van der Waals surface area contributed by atoms with Crippen LogP contribution < -0.4 is 15.1 Å². The molecule has 33 heavy (non-hydrogen) atoms. The minimum Gasteiger partial charge on any atom is -0.450 e. The quantitative estimate of drug-likeness (QED) is 0.601. The molecule has 1 saturated carbocycles. The lowest BCUT2D eigenvalue weighted by Gasteiger charge is -2.35. The molecule has 0 bridgehead atoms. The number of benzene rings is 1. The molecule has 1 aromatic carbocycles. The van der Waals surface area contributed by atoms with Crippen LogP contribution >= 0.6 is 12.2 Å². The molecule has 4 rings (SSSR count). The summed E-state index contributed by atoms with van der Waals surface area (Å²) in [6, 6.07) is 4.77. The molecule has 3 fully saturated rings. The van der Waals surface area contributed by atoms with E-state index in [0.717, 1.165) is 11.4 Å². The van der Waals surface area contributed by atoms with E-state index >= 15 is 0 Å². The van der Waals surface area contributed by atoms with Crippen molar-refractivity contribution in [2.45, 2.75) is 38.7 Å². The number of cyclic esters (lactones) is 1. The lowest BCUT2D eigenvalue weighted by molar-refractivity contribution is 0.105. The maximum absolute atomic E-state index is 14.9. The van der Waals surface area contributed by atoms with Gasteiger partial charge in [0.05, 0.1) is 36.1 Å². The zero-order chi connectivity index (χ0) is 23.4. The van der Waals surface area contributed by atoms with Crippen molar-refractivity contribution in [2.24, 2.45) is 5.92 Å². The number of carbonyl (C=O) groups is 2. The average molecular weight is 479 g/mol. The van der Waals surface area contributed by atoms with Gasteiger partial charge in [0, 0.05) is 32.6 Å². The number of thiocarbonyl (C=S) groups is 1. The number of hydrogen-bond acceptors (Lipinski definition) is 6. The van der Waals surface area contributed by atoms with Crippen LogP contribution in [-0.2, 0) is 9.47 Å². The SMILES string of the molecule is CCOC(=O)N1CCN(c2ccc(N3CC(CNC(=S)CC4CCC4)OC3=O)cc2F)CC1. The summed E-state index contributed by atoms with van der Waals surface area (Å²) in [6.45, 7) is 4.85. The van der Waals surface area contributed by atoms with Gasteiger partial charge in [-0.1, -0.05) is 31.5 Å². The summed E-state index contributed by atoms with van der Waals surface area (Å²) in [4.78, 5) is 30.0. The first-order chi connectivity index (χ1) is 15.9. The predicted octanol–water partition coefficient (Wildman–Crippen LogP) is 3.54. The molecular weight excluding hydrogens is 447 g/mol. The second-order valence-electron chi connectivity index (χ2n) is 8.73. The van der Waals surface area contributed by atoms with Crippen LogP contribution in [0.2, 0.25) is 0 Å². The van der Waals surface area contributed by atoms with Crippen LogP contribution in [0.15, 0.2) is 18.2 Å². The smallest absolute Gasteiger partial charge is 0.414 e. The Balaban J connectivity index is 1.30. The zero-order valence-electron chi connectivity index (χ0n) is 18.9. The lowest BCUT2D eigenvalue weighted by atomic mass is 9.83. The molecule has 1 aliphatic carbocycles. The Hall–Kier alpha value is -2.62. The van der Waals surface area contributed by atoms with Crippen molar-refractivity contribution in [1.82, 2.24) is 10.2 Å². The third kappa shape index (κ3) is 5.66. The van der Waals surface area contributed by atoms with Crippen molar-refractivity contribution in [1.29, 1.82) is 0 Å². The number of hydrogen-bond donors (Lipinski definition) is 1. The topological polar surface area (TPSA) is 74.3 Å². The fourth-order valence-corrected chi connectivity index (χ4v) is 4.68. The molecule has 2 aliphatic heterocycles. The first-order valence-electron chi connectivity index (χ1n) is 11.7. The largest absolute Gasteiger partial charge is 0.450 e. The number of halogens is 1. The van der Waals surface area contributed by atoms with Gasteiger partial charge in [-0.3, -0.25) is 4.90 Å². The lowest BCUT2D eigenvalue weighted by Crippen LogP contribution is -2.49. The van der Waals surface area contributed by atoms with Gasteiger partial charge in [0.25, 0.3) is 0 Å². The highest BCUT2D eigenvalue weighted by atomic mass is 32.1. The number of anilines is 2. The van der Waals surface area contributed by atoms with E-state index in [-0.39, 0.29) is 12.2 Å². The molecule has 1 aromatic rings. The summed E-state index contributed by atoms with van der Waals surface area (Å²) in [5, 5.41) is 3.21. The van der Waals surface area contributed by atoms with E-state index in [2.05, 4.69) is 5.32 Å². The van der Waals surface area contributed by atoms with Crippen molar-refractivity contribution in [2.75, 3.05) is 55.7 Å². The van der Waals surface area contributed by atoms with Gasteiger partial charge < -0.3 is 24.6 Å². The van der Waals surface area contributed by atoms with Crippen LogP contribution in [0.4, 0.5) is 25.4 Å². The van der Waals surface area contributed by atoms with E-state index in [4.69, 9.17) is 21.7 Å². The van der Waals surface area contributed by atoms with E-state index in [1.807, 2.05) is 4.90 Å². The second-order valence-corrected chi connectivity index (χ2v) is 9.22. The molecule has 1 unspecified atom stereocenters. The number of piperazine rings is 1. The van der Waals surface area contributed by atoms with Crippen LogP contribution in [0.5, 0.6) is 0 Å². The van der Waals surface area contributed by atoms with E-state index < -0.39 is 11.9 Å².